The molecule has 3 atom stereocenters. The number of hydrogen-bond donors (Lipinski definition) is 0. The molecule has 2 aromatic rings. The number of nitrogens with zero attached hydrogens (tertiary/aromatic N) is 5. The Kier molecular flexibility index (Phi) is 7.43. The summed E-state index contributed by atoms with van der Waals surface area (Å²) in [5.74, 6) is 1.26. The lowest BCUT2D eigenvalue weighted by molar-refractivity contribution is -0.152. The largest absolute Gasteiger partial charge is 0.492 e. The summed E-state index contributed by atoms with van der Waals surface area (Å²) in [6, 6.07) is 7.34. The first-order valence-electron chi connectivity index (χ1n) is 13.7. The van der Waals surface area contributed by atoms with Crippen LogP contribution in [-0.4, -0.2) is 98.0 Å². The van der Waals surface area contributed by atoms with Crippen LogP contribution in [0.25, 0.3) is 0 Å². The smallest absolute Gasteiger partial charge is 0.408 e. The van der Waals surface area contributed by atoms with Gasteiger partial charge in [-0.15, -0.1) is 0 Å². The fourth-order valence-corrected chi connectivity index (χ4v) is 6.00. The van der Waals surface area contributed by atoms with Gasteiger partial charge in [0.2, 0.25) is 5.95 Å². The lowest BCUT2D eigenvalue weighted by Gasteiger charge is -2.39. The molecule has 3 saturated heterocycles. The van der Waals surface area contributed by atoms with Crippen LogP contribution in [-0.2, 0) is 22.4 Å². The van der Waals surface area contributed by atoms with E-state index in [1.807, 2.05) is 29.2 Å². The van der Waals surface area contributed by atoms with Crippen molar-refractivity contribution in [1.29, 1.82) is 0 Å². The maximum Gasteiger partial charge on any atom is 0.408 e. The molecular formula is C27H34F3N5O4. The van der Waals surface area contributed by atoms with Gasteiger partial charge in [-0.05, 0) is 37.0 Å². The standard InChI is InChI=1S/C27H34F3N5O4/c28-27(29,30)23-6-8-34-25(36)16-24(35-17-22-15-20(35)18-39-22)31-26(34)33(23)7-5-19-1-3-21(4-2-19)38-14-11-32-9-12-37-13-10-32/h1-4,16,20,22-23H,5-15,17-18H2/t20?,22?,23-/m0/s1. The van der Waals surface area contributed by atoms with E-state index in [1.165, 1.54) is 15.5 Å². The van der Waals surface area contributed by atoms with E-state index in [4.69, 9.17) is 14.2 Å². The summed E-state index contributed by atoms with van der Waals surface area (Å²) in [5.41, 5.74) is 0.573. The molecule has 3 fully saturated rings. The summed E-state index contributed by atoms with van der Waals surface area (Å²) >= 11 is 0. The van der Waals surface area contributed by atoms with E-state index >= 15 is 0 Å². The highest BCUT2D eigenvalue weighted by molar-refractivity contribution is 5.49. The number of halogens is 3. The maximum absolute atomic E-state index is 14.1. The van der Waals surface area contributed by atoms with Gasteiger partial charge in [0, 0.05) is 45.3 Å². The first-order valence-corrected chi connectivity index (χ1v) is 13.7. The summed E-state index contributed by atoms with van der Waals surface area (Å²) in [6.07, 6.45) is -3.31. The maximum atomic E-state index is 14.1. The van der Waals surface area contributed by atoms with Gasteiger partial charge in [-0.25, -0.2) is 0 Å². The lowest BCUT2D eigenvalue weighted by Crippen LogP contribution is -2.53. The second kappa shape index (κ2) is 11.0. The average molecular weight is 550 g/mol. The predicted octanol–water partition coefficient (Wildman–Crippen LogP) is 2.32. The fourth-order valence-electron chi connectivity index (χ4n) is 6.00. The molecule has 9 nitrogen and oxygen atoms in total. The van der Waals surface area contributed by atoms with Gasteiger partial charge < -0.3 is 24.0 Å². The number of fused-ring (bicyclic) bond motifs is 3. The third-order valence-electron chi connectivity index (χ3n) is 8.15. The summed E-state index contributed by atoms with van der Waals surface area (Å²) in [5, 5.41) is 0. The van der Waals surface area contributed by atoms with E-state index < -0.39 is 12.2 Å². The van der Waals surface area contributed by atoms with Gasteiger partial charge >= 0.3 is 6.18 Å². The molecule has 0 saturated carbocycles. The summed E-state index contributed by atoms with van der Waals surface area (Å²) in [7, 11) is 0. The molecule has 2 unspecified atom stereocenters. The Labute approximate surface area is 225 Å². The Morgan fingerprint density at radius 3 is 2.56 bits per heavy atom. The van der Waals surface area contributed by atoms with Crippen LogP contribution >= 0.6 is 0 Å². The predicted molar refractivity (Wildman–Crippen MR) is 139 cm³/mol. The highest BCUT2D eigenvalue weighted by Crippen LogP contribution is 2.36. The molecule has 4 aliphatic heterocycles. The van der Waals surface area contributed by atoms with E-state index in [-0.39, 0.29) is 43.2 Å². The molecular weight excluding hydrogens is 515 g/mol. The fraction of sp³-hybridized carbons (Fsp3) is 0.630. The summed E-state index contributed by atoms with van der Waals surface area (Å²) in [4.78, 5) is 23.2. The Balaban J connectivity index is 1.15. The first-order chi connectivity index (χ1) is 18.8. The zero-order chi connectivity index (χ0) is 27.0. The van der Waals surface area contributed by atoms with Crippen molar-refractivity contribution in [1.82, 2.24) is 14.5 Å². The number of morpholine rings is 2. The molecule has 1 aromatic heterocycles. The van der Waals surface area contributed by atoms with E-state index in [2.05, 4.69) is 9.88 Å². The van der Waals surface area contributed by atoms with Crippen molar-refractivity contribution in [2.75, 3.05) is 69.0 Å². The minimum Gasteiger partial charge on any atom is -0.492 e. The molecule has 5 heterocycles. The molecule has 212 valence electrons. The van der Waals surface area contributed by atoms with Gasteiger partial charge in [0.25, 0.3) is 5.56 Å². The van der Waals surface area contributed by atoms with Crippen LogP contribution in [0.15, 0.2) is 35.1 Å². The van der Waals surface area contributed by atoms with E-state index in [0.29, 0.717) is 32.0 Å². The summed E-state index contributed by atoms with van der Waals surface area (Å²) < 4.78 is 60.6. The monoisotopic (exact) mass is 549 g/mol. The Morgan fingerprint density at radius 2 is 1.87 bits per heavy atom. The third-order valence-corrected chi connectivity index (χ3v) is 8.15. The minimum atomic E-state index is -4.43. The molecule has 39 heavy (non-hydrogen) atoms. The molecule has 0 spiro atoms. The van der Waals surface area contributed by atoms with Gasteiger partial charge in [-0.3, -0.25) is 14.3 Å². The highest BCUT2D eigenvalue weighted by Gasteiger charge is 2.47. The number of ether oxygens (including phenoxy) is 3. The van der Waals surface area contributed by atoms with E-state index in [9.17, 15) is 18.0 Å². The van der Waals surface area contributed by atoms with Crippen LogP contribution in [0.2, 0.25) is 0 Å². The molecule has 0 aliphatic carbocycles. The second-order valence-corrected chi connectivity index (χ2v) is 10.6. The normalized spacial score (nSPS) is 25.3. The molecule has 6 rings (SSSR count). The van der Waals surface area contributed by atoms with Crippen LogP contribution in [0, 0.1) is 0 Å². The number of rotatable bonds is 8. The Morgan fingerprint density at radius 1 is 1.08 bits per heavy atom. The number of hydrogen-bond acceptors (Lipinski definition) is 8. The first kappa shape index (κ1) is 26.4. The minimum absolute atomic E-state index is 0.00617. The van der Waals surface area contributed by atoms with Crippen LogP contribution in [0.1, 0.15) is 18.4 Å². The van der Waals surface area contributed by atoms with Crippen molar-refractivity contribution >= 4 is 11.8 Å². The van der Waals surface area contributed by atoms with Crippen molar-refractivity contribution in [3.63, 3.8) is 0 Å². The van der Waals surface area contributed by atoms with Crippen LogP contribution in [0.4, 0.5) is 24.9 Å². The van der Waals surface area contributed by atoms with Gasteiger partial charge in [-0.1, -0.05) is 12.1 Å². The Hall–Kier alpha value is -2.83. The van der Waals surface area contributed by atoms with Gasteiger partial charge in [0.1, 0.15) is 24.2 Å². The number of anilines is 2. The van der Waals surface area contributed by atoms with Gasteiger partial charge in [0.05, 0.1) is 32.0 Å². The zero-order valence-electron chi connectivity index (χ0n) is 21.8. The van der Waals surface area contributed by atoms with Gasteiger partial charge in [-0.2, -0.15) is 18.2 Å². The molecule has 0 radical (unpaired) electrons. The molecule has 0 N–H and O–H groups in total. The van der Waals surface area contributed by atoms with Crippen molar-refractivity contribution in [2.45, 2.75) is 50.2 Å². The second-order valence-electron chi connectivity index (χ2n) is 10.6. The Bertz CT molecular complexity index is 1200. The van der Waals surface area contributed by atoms with Gasteiger partial charge in [0.15, 0.2) is 0 Å². The lowest BCUT2D eigenvalue weighted by atomic mass is 10.1. The quantitative estimate of drug-likeness (QED) is 0.497. The van der Waals surface area contributed by atoms with Crippen molar-refractivity contribution in [3.05, 3.63) is 46.2 Å². The average Bonchev–Trinajstić information content (AvgIpc) is 3.57. The number of alkyl halides is 3. The van der Waals surface area contributed by atoms with Crippen molar-refractivity contribution in [2.24, 2.45) is 0 Å². The summed E-state index contributed by atoms with van der Waals surface area (Å²) in [6.45, 7) is 5.89. The highest BCUT2D eigenvalue weighted by atomic mass is 19.4. The van der Waals surface area contributed by atoms with E-state index in [0.717, 1.165) is 50.6 Å². The topological polar surface area (TPSA) is 72.3 Å². The number of aromatic nitrogens is 2. The molecule has 12 heteroatoms. The van der Waals surface area contributed by atoms with Crippen molar-refractivity contribution < 1.29 is 27.4 Å². The zero-order valence-corrected chi connectivity index (χ0v) is 21.8. The van der Waals surface area contributed by atoms with Crippen LogP contribution in [0.5, 0.6) is 5.75 Å². The van der Waals surface area contributed by atoms with Crippen molar-refractivity contribution in [3.8, 4) is 5.75 Å². The van der Waals surface area contributed by atoms with E-state index in [1.54, 1.807) is 0 Å². The molecule has 2 bridgehead atoms. The van der Waals surface area contributed by atoms with Crippen LogP contribution in [0.3, 0.4) is 0 Å². The molecule has 0 amide bonds. The molecule has 1 aromatic carbocycles. The molecule has 4 aliphatic rings. The SMILES string of the molecule is O=c1cc(N2CC3CC2CO3)nc2n1CC[C@@H](C(F)(F)F)N2CCc1ccc(OCCN2CCOCC2)cc1. The van der Waals surface area contributed by atoms with Crippen LogP contribution < -0.4 is 20.1 Å². The number of benzene rings is 1. The third kappa shape index (κ3) is 5.73.